The van der Waals surface area contributed by atoms with Crippen LogP contribution in [-0.2, 0) is 9.53 Å². The molecule has 1 unspecified atom stereocenters. The van der Waals surface area contributed by atoms with E-state index >= 15 is 0 Å². The third-order valence-electron chi connectivity index (χ3n) is 4.46. The lowest BCUT2D eigenvalue weighted by atomic mass is 10.1. The van der Waals surface area contributed by atoms with Gasteiger partial charge in [-0.3, -0.25) is 4.79 Å². The number of carbonyl (C=O) groups is 1. The van der Waals surface area contributed by atoms with E-state index < -0.39 is 31.1 Å². The molecular weight excluding hydrogens is 360 g/mol. The van der Waals surface area contributed by atoms with Crippen LogP contribution in [-0.4, -0.2) is 51.5 Å². The van der Waals surface area contributed by atoms with Gasteiger partial charge in [-0.2, -0.15) is 0 Å². The summed E-state index contributed by atoms with van der Waals surface area (Å²) in [6.45, 7) is 1.49. The van der Waals surface area contributed by atoms with Gasteiger partial charge in [-0.15, -0.1) is 0 Å². The molecule has 6 heteroatoms. The van der Waals surface area contributed by atoms with Gasteiger partial charge in [-0.25, -0.2) is 0 Å². The van der Waals surface area contributed by atoms with Crippen LogP contribution in [0.1, 0.15) is 84.0 Å². The van der Waals surface area contributed by atoms with Crippen LogP contribution in [0.4, 0.5) is 0 Å². The van der Waals surface area contributed by atoms with Gasteiger partial charge in [0.1, 0.15) is 12.2 Å². The zero-order valence-corrected chi connectivity index (χ0v) is 17.3. The maximum Gasteiger partial charge on any atom is 0.308 e. The molecule has 0 aliphatic carbocycles. The summed E-state index contributed by atoms with van der Waals surface area (Å²) in [7, 11) is 0. The first-order valence-corrected chi connectivity index (χ1v) is 10.7. The van der Waals surface area contributed by atoms with E-state index in [0.29, 0.717) is 6.42 Å². The second-order valence-corrected chi connectivity index (χ2v) is 7.10. The fraction of sp³-hybridized carbons (Fsp3) is 0.773. The third kappa shape index (κ3) is 15.8. The Labute approximate surface area is 169 Å². The van der Waals surface area contributed by atoms with Crippen LogP contribution >= 0.6 is 0 Å². The quantitative estimate of drug-likeness (QED) is 0.122. The summed E-state index contributed by atoms with van der Waals surface area (Å²) in [6.07, 6.45) is 15.9. The summed E-state index contributed by atoms with van der Waals surface area (Å²) in [5, 5.41) is 36.7. The third-order valence-corrected chi connectivity index (χ3v) is 4.46. The van der Waals surface area contributed by atoms with Crippen LogP contribution in [0, 0.1) is 0 Å². The molecule has 0 aromatic carbocycles. The highest BCUT2D eigenvalue weighted by molar-refractivity contribution is 5.69. The smallest absolute Gasteiger partial charge is 0.308 e. The topological polar surface area (TPSA) is 107 Å². The summed E-state index contributed by atoms with van der Waals surface area (Å²) >= 11 is 0. The molecule has 0 spiro atoms. The molecule has 0 aromatic rings. The summed E-state index contributed by atoms with van der Waals surface area (Å²) in [4.78, 5) is 11.6. The van der Waals surface area contributed by atoms with E-state index in [9.17, 15) is 15.0 Å². The number of allylic oxidation sites excluding steroid dienone is 4. The summed E-state index contributed by atoms with van der Waals surface area (Å²) in [6, 6.07) is 0. The lowest BCUT2D eigenvalue weighted by molar-refractivity contribution is -0.201. The van der Waals surface area contributed by atoms with Crippen LogP contribution in [0.3, 0.4) is 0 Å². The minimum absolute atomic E-state index is 0.156. The Morgan fingerprint density at radius 2 is 1.43 bits per heavy atom. The van der Waals surface area contributed by atoms with Crippen molar-refractivity contribution in [3.63, 3.8) is 0 Å². The van der Waals surface area contributed by atoms with Gasteiger partial charge in [0.25, 0.3) is 0 Å². The van der Waals surface area contributed by atoms with Crippen molar-refractivity contribution in [1.82, 2.24) is 0 Å². The molecule has 0 aliphatic heterocycles. The number of unbranched alkanes of at least 4 members (excludes halogenated alkanes) is 8. The van der Waals surface area contributed by atoms with Crippen LogP contribution < -0.4 is 0 Å². The van der Waals surface area contributed by atoms with Crippen LogP contribution in [0.5, 0.6) is 0 Å². The second kappa shape index (κ2) is 19.1. The zero-order chi connectivity index (χ0) is 21.0. The molecule has 4 N–H and O–H groups in total. The SMILES string of the molecule is CCCCC/C=C\C/C=C\CCCCCCCC(=O)OC(O)[C@@H](O)[C@@H](O)CO. The highest BCUT2D eigenvalue weighted by atomic mass is 16.6. The van der Waals surface area contributed by atoms with Crippen molar-refractivity contribution in [2.24, 2.45) is 0 Å². The Morgan fingerprint density at radius 1 is 0.857 bits per heavy atom. The Kier molecular flexibility index (Phi) is 18.3. The van der Waals surface area contributed by atoms with Crippen LogP contribution in [0.2, 0.25) is 0 Å². The molecule has 164 valence electrons. The Hall–Kier alpha value is -1.21. The molecule has 0 rings (SSSR count). The normalized spacial score (nSPS) is 15.2. The molecular formula is C22H40O6. The first kappa shape index (κ1) is 26.8. The number of aliphatic hydroxyl groups excluding tert-OH is 4. The number of carbonyl (C=O) groups excluding carboxylic acids is 1. The van der Waals surface area contributed by atoms with E-state index in [0.717, 1.165) is 38.5 Å². The predicted molar refractivity (Wildman–Crippen MR) is 111 cm³/mol. The monoisotopic (exact) mass is 400 g/mol. The van der Waals surface area contributed by atoms with Gasteiger partial charge in [0.05, 0.1) is 6.61 Å². The fourth-order valence-corrected chi connectivity index (χ4v) is 2.64. The van der Waals surface area contributed by atoms with E-state index in [-0.39, 0.29) is 6.42 Å². The second-order valence-electron chi connectivity index (χ2n) is 7.10. The molecule has 0 fully saturated rings. The number of ether oxygens (including phenoxy) is 1. The van der Waals surface area contributed by atoms with E-state index in [1.165, 1.54) is 25.7 Å². The van der Waals surface area contributed by atoms with Crippen molar-refractivity contribution in [3.05, 3.63) is 24.3 Å². The predicted octanol–water partition coefficient (Wildman–Crippen LogP) is 3.38. The molecule has 0 radical (unpaired) electrons. The van der Waals surface area contributed by atoms with Gasteiger partial charge < -0.3 is 25.2 Å². The highest BCUT2D eigenvalue weighted by Gasteiger charge is 2.27. The average molecular weight is 401 g/mol. The molecule has 0 saturated heterocycles. The fourth-order valence-electron chi connectivity index (χ4n) is 2.64. The largest absolute Gasteiger partial charge is 0.433 e. The van der Waals surface area contributed by atoms with Gasteiger partial charge in [0.2, 0.25) is 6.29 Å². The Balaban J connectivity index is 3.51. The molecule has 28 heavy (non-hydrogen) atoms. The van der Waals surface area contributed by atoms with Gasteiger partial charge in [-0.05, 0) is 38.5 Å². The van der Waals surface area contributed by atoms with Crippen LogP contribution in [0.15, 0.2) is 24.3 Å². The van der Waals surface area contributed by atoms with Crippen molar-refractivity contribution in [2.75, 3.05) is 6.61 Å². The zero-order valence-electron chi connectivity index (χ0n) is 17.3. The molecule has 0 saturated carbocycles. The Morgan fingerprint density at radius 3 is 2.04 bits per heavy atom. The number of rotatable bonds is 18. The maximum atomic E-state index is 11.6. The molecule has 6 nitrogen and oxygen atoms in total. The molecule has 0 heterocycles. The molecule has 0 aliphatic rings. The lowest BCUT2D eigenvalue weighted by Crippen LogP contribution is -2.41. The van der Waals surface area contributed by atoms with Gasteiger partial charge in [0.15, 0.2) is 0 Å². The Bertz CT molecular complexity index is 421. The first-order valence-electron chi connectivity index (χ1n) is 10.7. The van der Waals surface area contributed by atoms with Gasteiger partial charge >= 0.3 is 5.97 Å². The summed E-state index contributed by atoms with van der Waals surface area (Å²) < 4.78 is 4.64. The maximum absolute atomic E-state index is 11.6. The number of esters is 1. The number of hydrogen-bond acceptors (Lipinski definition) is 6. The molecule has 3 atom stereocenters. The van der Waals surface area contributed by atoms with E-state index in [2.05, 4.69) is 36.0 Å². The average Bonchev–Trinajstić information content (AvgIpc) is 2.69. The molecule has 0 bridgehead atoms. The van der Waals surface area contributed by atoms with Crippen molar-refractivity contribution >= 4 is 5.97 Å². The van der Waals surface area contributed by atoms with Crippen LogP contribution in [0.25, 0.3) is 0 Å². The molecule has 0 amide bonds. The van der Waals surface area contributed by atoms with Gasteiger partial charge in [-0.1, -0.05) is 63.3 Å². The van der Waals surface area contributed by atoms with Crippen molar-refractivity contribution in [3.8, 4) is 0 Å². The van der Waals surface area contributed by atoms with E-state index in [4.69, 9.17) is 10.2 Å². The minimum atomic E-state index is -1.83. The lowest BCUT2D eigenvalue weighted by Gasteiger charge is -2.21. The number of aliphatic hydroxyl groups is 4. The standard InChI is InChI=1S/C22H40O6/c1-2-3-4-5-6-7-8-9-10-11-12-13-14-15-16-17-20(25)28-22(27)21(26)19(24)18-23/h6-7,9-10,19,21-24,26-27H,2-5,8,11-18H2,1H3/b7-6-,10-9-/t19-,21-,22?/m0/s1. The van der Waals surface area contributed by atoms with Crippen molar-refractivity contribution in [2.45, 2.75) is 102 Å². The number of hydrogen-bond donors (Lipinski definition) is 4. The van der Waals surface area contributed by atoms with Crippen molar-refractivity contribution in [1.29, 1.82) is 0 Å². The summed E-state index contributed by atoms with van der Waals surface area (Å²) in [5.41, 5.74) is 0. The molecule has 0 aromatic heterocycles. The van der Waals surface area contributed by atoms with Gasteiger partial charge in [0, 0.05) is 6.42 Å². The summed E-state index contributed by atoms with van der Waals surface area (Å²) in [5.74, 6) is -0.623. The van der Waals surface area contributed by atoms with E-state index in [1.807, 2.05) is 0 Å². The first-order chi connectivity index (χ1) is 13.5. The van der Waals surface area contributed by atoms with Crippen molar-refractivity contribution < 1.29 is 30.0 Å². The van der Waals surface area contributed by atoms with E-state index in [1.54, 1.807) is 0 Å². The minimum Gasteiger partial charge on any atom is -0.433 e. The highest BCUT2D eigenvalue weighted by Crippen LogP contribution is 2.10.